The monoisotopic (exact) mass is 397 g/mol. The van der Waals surface area contributed by atoms with Crippen LogP contribution >= 0.6 is 34.4 Å². The van der Waals surface area contributed by atoms with E-state index in [0.717, 1.165) is 15.0 Å². The maximum atomic E-state index is 12.1. The van der Waals surface area contributed by atoms with Crippen molar-refractivity contribution in [3.8, 4) is 0 Å². The molecule has 2 rings (SSSR count). The molecule has 0 heterocycles. The highest BCUT2D eigenvalue weighted by Crippen LogP contribution is 2.19. The molecule has 0 bridgehead atoms. The summed E-state index contributed by atoms with van der Waals surface area (Å²) in [5, 5.41) is 2.87. The van der Waals surface area contributed by atoms with Crippen molar-refractivity contribution < 1.29 is 4.79 Å². The molecule has 1 atom stereocenters. The van der Waals surface area contributed by atoms with E-state index in [1.54, 1.807) is 11.8 Å². The fourth-order valence-electron chi connectivity index (χ4n) is 1.65. The van der Waals surface area contributed by atoms with Gasteiger partial charge in [0.25, 0.3) is 0 Å². The van der Waals surface area contributed by atoms with Crippen molar-refractivity contribution in [2.45, 2.75) is 17.9 Å². The highest BCUT2D eigenvalue weighted by Gasteiger charge is 2.13. The zero-order chi connectivity index (χ0) is 14.4. The van der Waals surface area contributed by atoms with Gasteiger partial charge in [-0.3, -0.25) is 4.79 Å². The van der Waals surface area contributed by atoms with E-state index in [9.17, 15) is 4.79 Å². The summed E-state index contributed by atoms with van der Waals surface area (Å²) >= 11 is 3.89. The van der Waals surface area contributed by atoms with Gasteiger partial charge in [-0.1, -0.05) is 30.3 Å². The third-order valence-corrected chi connectivity index (χ3v) is 4.76. The number of rotatable bonds is 5. The first kappa shape index (κ1) is 15.4. The van der Waals surface area contributed by atoms with E-state index in [4.69, 9.17) is 0 Å². The summed E-state index contributed by atoms with van der Waals surface area (Å²) in [6, 6.07) is 18.0. The van der Waals surface area contributed by atoms with Crippen LogP contribution in [0.2, 0.25) is 0 Å². The number of nitrogens with one attached hydrogen (secondary N) is 1. The van der Waals surface area contributed by atoms with E-state index in [2.05, 4.69) is 40.0 Å². The zero-order valence-corrected chi connectivity index (χ0v) is 14.1. The van der Waals surface area contributed by atoms with Crippen molar-refractivity contribution in [1.82, 2.24) is 0 Å². The molecule has 0 saturated carbocycles. The number of benzene rings is 2. The Balaban J connectivity index is 1.84. The van der Waals surface area contributed by atoms with Crippen molar-refractivity contribution in [2.75, 3.05) is 5.32 Å². The molecule has 0 unspecified atom stereocenters. The number of carbonyl (C=O) groups is 1. The summed E-state index contributed by atoms with van der Waals surface area (Å²) in [6.45, 7) is 1.94. The van der Waals surface area contributed by atoms with Crippen LogP contribution in [0.1, 0.15) is 12.5 Å². The molecule has 0 aliphatic rings. The first-order valence-electron chi connectivity index (χ1n) is 6.37. The minimum absolute atomic E-state index is 0.0483. The van der Waals surface area contributed by atoms with Crippen LogP contribution < -0.4 is 5.32 Å². The number of thioether (sulfide) groups is 1. The molecule has 0 aliphatic carbocycles. The molecular weight excluding hydrogens is 381 g/mol. The maximum absolute atomic E-state index is 12.1. The zero-order valence-electron chi connectivity index (χ0n) is 11.2. The number of halogens is 1. The van der Waals surface area contributed by atoms with Crippen molar-refractivity contribution in [3.63, 3.8) is 0 Å². The van der Waals surface area contributed by atoms with E-state index < -0.39 is 0 Å². The number of anilines is 1. The molecule has 104 valence electrons. The van der Waals surface area contributed by atoms with E-state index >= 15 is 0 Å². The first-order chi connectivity index (χ1) is 9.65. The lowest BCUT2D eigenvalue weighted by atomic mass is 10.2. The molecule has 4 heteroatoms. The second kappa shape index (κ2) is 7.69. The van der Waals surface area contributed by atoms with Crippen LogP contribution in [0.15, 0.2) is 54.6 Å². The summed E-state index contributed by atoms with van der Waals surface area (Å²) < 4.78 is 1.16. The highest BCUT2D eigenvalue weighted by atomic mass is 127. The number of hydrogen-bond acceptors (Lipinski definition) is 2. The Labute approximate surface area is 137 Å². The summed E-state index contributed by atoms with van der Waals surface area (Å²) in [7, 11) is 0. The van der Waals surface area contributed by atoms with Gasteiger partial charge in [-0.25, -0.2) is 0 Å². The third kappa shape index (κ3) is 4.83. The Morgan fingerprint density at radius 3 is 2.45 bits per heavy atom. The lowest BCUT2D eigenvalue weighted by molar-refractivity contribution is -0.115. The molecule has 0 radical (unpaired) electrons. The van der Waals surface area contributed by atoms with Crippen LogP contribution in [-0.2, 0) is 10.5 Å². The van der Waals surface area contributed by atoms with Crippen LogP contribution in [-0.4, -0.2) is 11.2 Å². The second-order valence-electron chi connectivity index (χ2n) is 4.43. The summed E-state index contributed by atoms with van der Waals surface area (Å²) in [6.07, 6.45) is 0. The molecular formula is C16H16INOS. The van der Waals surface area contributed by atoms with E-state index in [0.29, 0.717) is 0 Å². The lowest BCUT2D eigenvalue weighted by Gasteiger charge is -2.12. The molecule has 1 amide bonds. The van der Waals surface area contributed by atoms with Crippen molar-refractivity contribution >= 4 is 45.9 Å². The van der Waals surface area contributed by atoms with Crippen LogP contribution in [0.3, 0.4) is 0 Å². The predicted octanol–water partition coefficient (Wildman–Crippen LogP) is 4.55. The summed E-state index contributed by atoms with van der Waals surface area (Å²) in [4.78, 5) is 12.1. The third-order valence-electron chi connectivity index (χ3n) is 2.82. The van der Waals surface area contributed by atoms with Gasteiger partial charge in [0.2, 0.25) is 5.91 Å². The van der Waals surface area contributed by atoms with E-state index in [1.807, 2.05) is 49.4 Å². The molecule has 0 aromatic heterocycles. The van der Waals surface area contributed by atoms with Crippen LogP contribution in [0.4, 0.5) is 5.69 Å². The van der Waals surface area contributed by atoms with E-state index in [-0.39, 0.29) is 11.2 Å². The molecule has 20 heavy (non-hydrogen) atoms. The largest absolute Gasteiger partial charge is 0.325 e. The van der Waals surface area contributed by atoms with E-state index in [1.165, 1.54) is 5.56 Å². The van der Waals surface area contributed by atoms with Gasteiger partial charge in [0, 0.05) is 15.0 Å². The van der Waals surface area contributed by atoms with Gasteiger partial charge in [-0.2, -0.15) is 0 Å². The molecule has 1 N–H and O–H groups in total. The predicted molar refractivity (Wildman–Crippen MR) is 95.0 cm³/mol. The Bertz CT molecular complexity index is 556. The molecule has 2 nitrogen and oxygen atoms in total. The van der Waals surface area contributed by atoms with Crippen molar-refractivity contribution in [1.29, 1.82) is 0 Å². The quantitative estimate of drug-likeness (QED) is 0.750. The van der Waals surface area contributed by atoms with Gasteiger partial charge in [-0.15, -0.1) is 11.8 Å². The molecule has 0 saturated heterocycles. The fourth-order valence-corrected chi connectivity index (χ4v) is 2.85. The average molecular weight is 397 g/mol. The van der Waals surface area contributed by atoms with Gasteiger partial charge in [-0.05, 0) is 59.3 Å². The Morgan fingerprint density at radius 2 is 1.80 bits per heavy atom. The normalized spacial score (nSPS) is 11.9. The minimum Gasteiger partial charge on any atom is -0.325 e. The fraction of sp³-hybridized carbons (Fsp3) is 0.188. The Hall–Kier alpha value is -1.01. The van der Waals surface area contributed by atoms with Crippen molar-refractivity contribution in [3.05, 3.63) is 63.7 Å². The first-order valence-corrected chi connectivity index (χ1v) is 8.50. The highest BCUT2D eigenvalue weighted by molar-refractivity contribution is 14.1. The van der Waals surface area contributed by atoms with Gasteiger partial charge in [0.05, 0.1) is 5.25 Å². The topological polar surface area (TPSA) is 29.1 Å². The Morgan fingerprint density at radius 1 is 1.15 bits per heavy atom. The van der Waals surface area contributed by atoms with Crippen molar-refractivity contribution in [2.24, 2.45) is 0 Å². The molecule has 2 aromatic rings. The number of carbonyl (C=O) groups excluding carboxylic acids is 1. The number of amides is 1. The lowest BCUT2D eigenvalue weighted by Crippen LogP contribution is -2.22. The molecule has 2 aromatic carbocycles. The molecule has 0 spiro atoms. The smallest absolute Gasteiger partial charge is 0.237 e. The SMILES string of the molecule is C[C@H](SCc1ccccc1)C(=O)Nc1ccc(I)cc1. The van der Waals surface area contributed by atoms with Gasteiger partial charge >= 0.3 is 0 Å². The van der Waals surface area contributed by atoms with Gasteiger partial charge in [0.15, 0.2) is 0 Å². The number of hydrogen-bond donors (Lipinski definition) is 1. The minimum atomic E-state index is -0.0746. The molecule has 0 fully saturated rings. The van der Waals surface area contributed by atoms with Gasteiger partial charge in [0.1, 0.15) is 0 Å². The molecule has 0 aliphatic heterocycles. The second-order valence-corrected chi connectivity index (χ2v) is 7.01. The standard InChI is InChI=1S/C16H16INOS/c1-12(20-11-13-5-3-2-4-6-13)16(19)18-15-9-7-14(17)8-10-15/h2-10,12H,11H2,1H3,(H,18,19)/t12-/m0/s1. The van der Waals surface area contributed by atoms with Crippen LogP contribution in [0.5, 0.6) is 0 Å². The summed E-state index contributed by atoms with van der Waals surface area (Å²) in [5.74, 6) is 0.898. The average Bonchev–Trinajstić information content (AvgIpc) is 2.48. The van der Waals surface area contributed by atoms with Gasteiger partial charge < -0.3 is 5.32 Å². The van der Waals surface area contributed by atoms with Crippen LogP contribution in [0.25, 0.3) is 0 Å². The Kier molecular flexibility index (Phi) is 5.91. The maximum Gasteiger partial charge on any atom is 0.237 e. The van der Waals surface area contributed by atoms with Crippen LogP contribution in [0, 0.1) is 3.57 Å². The summed E-state index contributed by atoms with van der Waals surface area (Å²) in [5.41, 5.74) is 2.09.